The quantitative estimate of drug-likeness (QED) is 0.562. The zero-order valence-corrected chi connectivity index (χ0v) is 15.2. The average Bonchev–Trinajstić information content (AvgIpc) is 2.60. The summed E-state index contributed by atoms with van der Waals surface area (Å²) in [4.78, 5) is 39.7. The molecule has 1 heterocycles. The standard InChI is InChI=1S/C18H19BrN2O3/c1-3-20(4-2)18(24)16(17(23)13-8-6-5-7-9-13)21-12-14(19)10-11-15(21)22/h5-12,16H,3-4H2,1-2H3. The van der Waals surface area contributed by atoms with E-state index >= 15 is 0 Å². The molecule has 1 atom stereocenters. The normalized spacial score (nSPS) is 11.8. The number of hydrogen-bond acceptors (Lipinski definition) is 3. The molecule has 0 saturated heterocycles. The van der Waals surface area contributed by atoms with E-state index in [0.717, 1.165) is 0 Å². The fourth-order valence-electron chi connectivity index (χ4n) is 2.50. The summed E-state index contributed by atoms with van der Waals surface area (Å²) in [6.45, 7) is 4.62. The molecular weight excluding hydrogens is 372 g/mol. The van der Waals surface area contributed by atoms with Gasteiger partial charge in [-0.05, 0) is 35.8 Å². The molecule has 0 aliphatic heterocycles. The van der Waals surface area contributed by atoms with Gasteiger partial charge in [-0.25, -0.2) is 0 Å². The van der Waals surface area contributed by atoms with Gasteiger partial charge in [0.1, 0.15) is 0 Å². The third kappa shape index (κ3) is 3.82. The number of halogens is 1. The first-order chi connectivity index (χ1) is 11.5. The molecule has 2 aromatic rings. The number of rotatable bonds is 6. The fourth-order valence-corrected chi connectivity index (χ4v) is 2.86. The molecule has 24 heavy (non-hydrogen) atoms. The van der Waals surface area contributed by atoms with Crippen LogP contribution in [0.3, 0.4) is 0 Å². The second-order valence-electron chi connectivity index (χ2n) is 5.24. The van der Waals surface area contributed by atoms with E-state index < -0.39 is 17.4 Å². The number of nitrogens with zero attached hydrogens (tertiary/aromatic N) is 2. The van der Waals surface area contributed by atoms with Crippen LogP contribution in [0.2, 0.25) is 0 Å². The predicted molar refractivity (Wildman–Crippen MR) is 96.1 cm³/mol. The Balaban J connectivity index is 2.57. The number of carbonyl (C=O) groups is 2. The Morgan fingerprint density at radius 2 is 1.71 bits per heavy atom. The van der Waals surface area contributed by atoms with Crippen molar-refractivity contribution in [3.8, 4) is 0 Å². The minimum Gasteiger partial charge on any atom is -0.341 e. The summed E-state index contributed by atoms with van der Waals surface area (Å²) in [6, 6.07) is 10.3. The summed E-state index contributed by atoms with van der Waals surface area (Å²) in [5.41, 5.74) is 0.00266. The molecule has 0 aliphatic carbocycles. The van der Waals surface area contributed by atoms with Crippen molar-refractivity contribution in [2.24, 2.45) is 0 Å². The monoisotopic (exact) mass is 390 g/mol. The molecule has 5 nitrogen and oxygen atoms in total. The lowest BCUT2D eigenvalue weighted by Gasteiger charge is -2.25. The van der Waals surface area contributed by atoms with Crippen molar-refractivity contribution in [1.82, 2.24) is 9.47 Å². The minimum atomic E-state index is -1.21. The molecule has 0 N–H and O–H groups in total. The van der Waals surface area contributed by atoms with Gasteiger partial charge in [0.05, 0.1) is 0 Å². The first-order valence-electron chi connectivity index (χ1n) is 7.75. The Labute approximate surface area is 149 Å². The highest BCUT2D eigenvalue weighted by molar-refractivity contribution is 9.10. The third-order valence-corrected chi connectivity index (χ3v) is 4.26. The second kappa shape index (κ2) is 8.06. The van der Waals surface area contributed by atoms with Gasteiger partial charge < -0.3 is 4.90 Å². The number of carbonyl (C=O) groups excluding carboxylic acids is 2. The maximum absolute atomic E-state index is 13.0. The van der Waals surface area contributed by atoms with Gasteiger partial charge in [0.2, 0.25) is 0 Å². The maximum atomic E-state index is 13.0. The number of ketones is 1. The number of hydrogen-bond donors (Lipinski definition) is 0. The summed E-state index contributed by atoms with van der Waals surface area (Å²) < 4.78 is 1.82. The molecule has 0 bridgehead atoms. The Morgan fingerprint density at radius 1 is 1.08 bits per heavy atom. The SMILES string of the molecule is CCN(CC)C(=O)C(C(=O)c1ccccc1)n1cc(Br)ccc1=O. The van der Waals surface area contributed by atoms with Gasteiger partial charge in [-0.2, -0.15) is 0 Å². The van der Waals surface area contributed by atoms with Crippen molar-refractivity contribution in [2.45, 2.75) is 19.9 Å². The van der Waals surface area contributed by atoms with E-state index in [0.29, 0.717) is 23.1 Å². The lowest BCUT2D eigenvalue weighted by atomic mass is 10.0. The molecule has 1 aromatic heterocycles. The summed E-state index contributed by atoms with van der Waals surface area (Å²) >= 11 is 3.29. The molecule has 0 saturated carbocycles. The highest BCUT2D eigenvalue weighted by Crippen LogP contribution is 2.18. The Morgan fingerprint density at radius 3 is 2.29 bits per heavy atom. The van der Waals surface area contributed by atoms with Crippen LogP contribution >= 0.6 is 15.9 Å². The molecule has 0 radical (unpaired) electrons. The van der Waals surface area contributed by atoms with Gasteiger partial charge in [-0.15, -0.1) is 0 Å². The van der Waals surface area contributed by atoms with E-state index in [1.807, 2.05) is 13.8 Å². The van der Waals surface area contributed by atoms with Crippen LogP contribution in [0.25, 0.3) is 0 Å². The van der Waals surface area contributed by atoms with Gasteiger partial charge in [0.15, 0.2) is 11.8 Å². The second-order valence-corrected chi connectivity index (χ2v) is 6.15. The maximum Gasteiger partial charge on any atom is 0.253 e. The minimum absolute atomic E-state index is 0.381. The van der Waals surface area contributed by atoms with Crippen LogP contribution in [0.15, 0.2) is 57.9 Å². The summed E-state index contributed by atoms with van der Waals surface area (Å²) in [5.74, 6) is -0.776. The van der Waals surface area contributed by atoms with Gasteiger partial charge >= 0.3 is 0 Å². The molecule has 126 valence electrons. The number of pyridine rings is 1. The molecule has 6 heteroatoms. The Bertz CT molecular complexity index is 782. The highest BCUT2D eigenvalue weighted by atomic mass is 79.9. The van der Waals surface area contributed by atoms with Crippen LogP contribution in [0, 0.1) is 0 Å². The third-order valence-electron chi connectivity index (χ3n) is 3.80. The molecule has 0 fully saturated rings. The number of Topliss-reactive ketones (excluding diaryl/α,β-unsaturated/α-hetero) is 1. The van der Waals surface area contributed by atoms with Gasteiger partial charge in [-0.1, -0.05) is 30.3 Å². The van der Waals surface area contributed by atoms with Gasteiger partial charge in [0, 0.05) is 35.4 Å². The van der Waals surface area contributed by atoms with E-state index in [4.69, 9.17) is 0 Å². The molecule has 1 amide bonds. The van der Waals surface area contributed by atoms with Crippen molar-refractivity contribution in [3.05, 3.63) is 69.1 Å². The first-order valence-corrected chi connectivity index (χ1v) is 8.54. The number of amides is 1. The van der Waals surface area contributed by atoms with E-state index in [9.17, 15) is 14.4 Å². The van der Waals surface area contributed by atoms with Crippen LogP contribution in [-0.2, 0) is 4.79 Å². The molecule has 1 aromatic carbocycles. The predicted octanol–water partition coefficient (Wildman–Crippen LogP) is 2.90. The van der Waals surface area contributed by atoms with E-state index in [2.05, 4.69) is 15.9 Å². The molecule has 0 aliphatic rings. The summed E-state index contributed by atoms with van der Waals surface area (Å²) in [7, 11) is 0. The van der Waals surface area contributed by atoms with Crippen molar-refractivity contribution in [2.75, 3.05) is 13.1 Å². The number of aromatic nitrogens is 1. The number of likely N-dealkylation sites (N-methyl/N-ethyl adjacent to an activating group) is 1. The topological polar surface area (TPSA) is 59.4 Å². The zero-order valence-electron chi connectivity index (χ0n) is 13.6. The molecule has 1 unspecified atom stereocenters. The highest BCUT2D eigenvalue weighted by Gasteiger charge is 2.32. The Kier molecular flexibility index (Phi) is 6.09. The Hall–Kier alpha value is -2.21. The van der Waals surface area contributed by atoms with Crippen molar-refractivity contribution in [3.63, 3.8) is 0 Å². The largest absolute Gasteiger partial charge is 0.341 e. The van der Waals surface area contributed by atoms with Crippen molar-refractivity contribution >= 4 is 27.6 Å². The van der Waals surface area contributed by atoms with Crippen LogP contribution in [0.5, 0.6) is 0 Å². The molecule has 2 rings (SSSR count). The van der Waals surface area contributed by atoms with Crippen LogP contribution < -0.4 is 5.56 Å². The van der Waals surface area contributed by atoms with Crippen molar-refractivity contribution in [1.29, 1.82) is 0 Å². The molecule has 0 spiro atoms. The van der Waals surface area contributed by atoms with E-state index in [-0.39, 0.29) is 5.91 Å². The van der Waals surface area contributed by atoms with Crippen LogP contribution in [0.1, 0.15) is 30.2 Å². The number of benzene rings is 1. The van der Waals surface area contributed by atoms with Crippen molar-refractivity contribution < 1.29 is 9.59 Å². The summed E-state index contributed by atoms with van der Waals surface area (Å²) in [6.07, 6.45) is 1.48. The average molecular weight is 391 g/mol. The van der Waals surface area contributed by atoms with E-state index in [1.165, 1.54) is 16.8 Å². The lowest BCUT2D eigenvalue weighted by Crippen LogP contribution is -2.43. The first kappa shape index (κ1) is 18.1. The summed E-state index contributed by atoms with van der Waals surface area (Å²) in [5, 5.41) is 0. The molecular formula is C18H19BrN2O3. The smallest absolute Gasteiger partial charge is 0.253 e. The van der Waals surface area contributed by atoms with Crippen LogP contribution in [-0.4, -0.2) is 34.2 Å². The lowest BCUT2D eigenvalue weighted by molar-refractivity contribution is -0.133. The zero-order chi connectivity index (χ0) is 17.7. The fraction of sp³-hybridized carbons (Fsp3) is 0.278. The van der Waals surface area contributed by atoms with Gasteiger partial charge in [-0.3, -0.25) is 19.0 Å². The van der Waals surface area contributed by atoms with Gasteiger partial charge in [0.25, 0.3) is 11.5 Å². The van der Waals surface area contributed by atoms with E-state index in [1.54, 1.807) is 41.3 Å². The van der Waals surface area contributed by atoms with Crippen LogP contribution in [0.4, 0.5) is 0 Å².